The van der Waals surface area contributed by atoms with Gasteiger partial charge in [0.1, 0.15) is 0 Å². The molecule has 0 aliphatic carbocycles. The molecule has 0 aliphatic rings. The third kappa shape index (κ3) is 4.37. The first-order valence-electron chi connectivity index (χ1n) is 9.94. The van der Waals surface area contributed by atoms with Crippen molar-refractivity contribution in [2.24, 2.45) is 0 Å². The molecule has 4 rings (SSSR count). The van der Waals surface area contributed by atoms with Crippen molar-refractivity contribution in [3.63, 3.8) is 0 Å². The Morgan fingerprint density at radius 2 is 1.09 bits per heavy atom. The lowest BCUT2D eigenvalue weighted by Gasteiger charge is -2.29. The van der Waals surface area contributed by atoms with E-state index in [0.29, 0.717) is 16.4 Å². The molecule has 6 heteroatoms. The Balaban J connectivity index is 2.15. The van der Waals surface area contributed by atoms with Crippen molar-refractivity contribution in [2.75, 3.05) is 0 Å². The van der Waals surface area contributed by atoms with Crippen molar-refractivity contribution in [2.45, 2.75) is 0 Å². The largest absolute Gasteiger partial charge is 0.289 e. The van der Waals surface area contributed by atoms with Crippen LogP contribution in [0.4, 0.5) is 0 Å². The first-order chi connectivity index (χ1) is 15.4. The molecule has 4 aromatic rings. The molecular formula is C26H21O4PS. The highest BCUT2D eigenvalue weighted by Crippen LogP contribution is 2.45. The highest BCUT2D eigenvalue weighted by Gasteiger charge is 2.31. The minimum atomic E-state index is -4.52. The highest BCUT2D eigenvalue weighted by molar-refractivity contribution is 8.15. The molecule has 4 nitrogen and oxygen atoms in total. The summed E-state index contributed by atoms with van der Waals surface area (Å²) in [4.78, 5) is 13.5. The zero-order valence-corrected chi connectivity index (χ0v) is 18.8. The standard InChI is InChI=1S/C26H21O4PS/c27-26(21-12-4-1-5-13-21)24-18-10-11-19-25(24)31(20-32(28,29)30,22-14-6-2-7-15-22)23-16-8-3-9-17-23/h1-20H,(H,28,29,30). The van der Waals surface area contributed by atoms with Gasteiger partial charge in [-0.25, -0.2) is 0 Å². The smallest absolute Gasteiger partial charge is 0.288 e. The first-order valence-corrected chi connectivity index (χ1v) is 13.3. The van der Waals surface area contributed by atoms with E-state index >= 15 is 0 Å². The SMILES string of the molecule is O=C(c1ccccc1)c1ccccc1P(=CS(=O)(=O)O)(c1ccccc1)c1ccccc1. The molecule has 4 aromatic carbocycles. The summed E-state index contributed by atoms with van der Waals surface area (Å²) in [5.41, 5.74) is 0.908. The molecule has 0 aromatic heterocycles. The van der Waals surface area contributed by atoms with Crippen molar-refractivity contribution in [1.29, 1.82) is 0 Å². The molecule has 0 radical (unpaired) electrons. The molecule has 160 valence electrons. The molecule has 0 spiro atoms. The normalized spacial score (nSPS) is 11.7. The summed E-state index contributed by atoms with van der Waals surface area (Å²) in [6.45, 7) is -3.07. The van der Waals surface area contributed by atoms with Crippen LogP contribution in [-0.2, 0) is 10.1 Å². The summed E-state index contributed by atoms with van der Waals surface area (Å²) < 4.78 is 34.8. The van der Waals surface area contributed by atoms with Crippen molar-refractivity contribution < 1.29 is 17.8 Å². The van der Waals surface area contributed by atoms with E-state index in [1.807, 2.05) is 66.7 Å². The van der Waals surface area contributed by atoms with Gasteiger partial charge in [0.2, 0.25) is 0 Å². The fourth-order valence-corrected chi connectivity index (χ4v) is 9.89. The number of hydrogen-bond donors (Lipinski definition) is 1. The zero-order valence-electron chi connectivity index (χ0n) is 17.1. The molecule has 0 bridgehead atoms. The lowest BCUT2D eigenvalue weighted by Crippen LogP contribution is -2.31. The molecule has 1 N–H and O–H groups in total. The van der Waals surface area contributed by atoms with Crippen LogP contribution in [0.3, 0.4) is 0 Å². The van der Waals surface area contributed by atoms with Gasteiger partial charge in [-0.1, -0.05) is 115 Å². The van der Waals surface area contributed by atoms with E-state index in [1.165, 1.54) is 0 Å². The zero-order chi connectivity index (χ0) is 22.6. The summed E-state index contributed by atoms with van der Waals surface area (Å²) >= 11 is 0. The van der Waals surface area contributed by atoms with Crippen molar-refractivity contribution in [3.8, 4) is 0 Å². The molecule has 0 saturated carbocycles. The Morgan fingerprint density at radius 3 is 1.59 bits per heavy atom. The Labute approximate surface area is 187 Å². The second kappa shape index (κ2) is 9.09. The Morgan fingerprint density at radius 1 is 0.656 bits per heavy atom. The van der Waals surface area contributed by atoms with Crippen molar-refractivity contribution in [3.05, 3.63) is 126 Å². The predicted molar refractivity (Wildman–Crippen MR) is 133 cm³/mol. The van der Waals surface area contributed by atoms with Gasteiger partial charge in [0, 0.05) is 11.1 Å². The lowest BCUT2D eigenvalue weighted by molar-refractivity contribution is 0.104. The van der Waals surface area contributed by atoms with Gasteiger partial charge in [0.15, 0.2) is 5.78 Å². The van der Waals surface area contributed by atoms with Gasteiger partial charge in [-0.2, -0.15) is 8.42 Å². The summed E-state index contributed by atoms with van der Waals surface area (Å²) in [5, 5.41) is 3.04. The molecular weight excluding hydrogens is 439 g/mol. The maximum Gasteiger partial charge on any atom is 0.288 e. The van der Waals surface area contributed by atoms with Crippen LogP contribution >= 0.6 is 6.89 Å². The maximum atomic E-state index is 13.5. The summed E-state index contributed by atoms with van der Waals surface area (Å²) in [6.07, 6.45) is 0. The second-order valence-corrected chi connectivity index (χ2v) is 12.1. The van der Waals surface area contributed by atoms with Gasteiger partial charge in [-0.15, -0.1) is 0 Å². The van der Waals surface area contributed by atoms with E-state index in [9.17, 15) is 17.8 Å². The molecule has 32 heavy (non-hydrogen) atoms. The van der Waals surface area contributed by atoms with Crippen LogP contribution in [-0.4, -0.2) is 23.9 Å². The van der Waals surface area contributed by atoms with Crippen LogP contribution in [0, 0.1) is 0 Å². The minimum Gasteiger partial charge on any atom is -0.289 e. The van der Waals surface area contributed by atoms with E-state index in [1.54, 1.807) is 48.5 Å². The number of hydrogen-bond acceptors (Lipinski definition) is 3. The number of ketones is 1. The van der Waals surface area contributed by atoms with Crippen LogP contribution in [0.5, 0.6) is 0 Å². The first kappa shape index (κ1) is 22.0. The number of rotatable bonds is 6. The Kier molecular flexibility index (Phi) is 6.24. The van der Waals surface area contributed by atoms with E-state index in [2.05, 4.69) is 0 Å². The predicted octanol–water partition coefficient (Wildman–Crippen LogP) is 3.86. The second-order valence-electron chi connectivity index (χ2n) is 7.23. The fourth-order valence-electron chi connectivity index (χ4n) is 3.85. The topological polar surface area (TPSA) is 71.4 Å². The van der Waals surface area contributed by atoms with Crippen LogP contribution < -0.4 is 15.9 Å². The third-order valence-electron chi connectivity index (χ3n) is 5.18. The molecule has 0 amide bonds. The van der Waals surface area contributed by atoms with Crippen molar-refractivity contribution in [1.82, 2.24) is 0 Å². The van der Waals surface area contributed by atoms with Crippen LogP contribution in [0.2, 0.25) is 0 Å². The van der Waals surface area contributed by atoms with E-state index in [-0.39, 0.29) is 5.78 Å². The van der Waals surface area contributed by atoms with Gasteiger partial charge >= 0.3 is 0 Å². The highest BCUT2D eigenvalue weighted by atomic mass is 32.2. The molecule has 0 heterocycles. The van der Waals surface area contributed by atoms with E-state index < -0.39 is 17.0 Å². The Bertz CT molecular complexity index is 1350. The van der Waals surface area contributed by atoms with Gasteiger partial charge in [-0.05, 0) is 22.8 Å². The molecule has 0 fully saturated rings. The monoisotopic (exact) mass is 460 g/mol. The van der Waals surface area contributed by atoms with Crippen LogP contribution in [0.25, 0.3) is 0 Å². The summed E-state index contributed by atoms with van der Waals surface area (Å²) in [7, 11) is -4.52. The minimum absolute atomic E-state index is 0.207. The lowest BCUT2D eigenvalue weighted by atomic mass is 10.0. The molecule has 0 aliphatic heterocycles. The van der Waals surface area contributed by atoms with Gasteiger partial charge in [0.25, 0.3) is 10.1 Å². The van der Waals surface area contributed by atoms with Gasteiger partial charge in [-0.3, -0.25) is 9.35 Å². The Hall–Kier alpha value is -3.24. The number of carbonyl (C=O) groups excluding carboxylic acids is 1. The average Bonchev–Trinajstić information content (AvgIpc) is 2.83. The van der Waals surface area contributed by atoms with Gasteiger partial charge < -0.3 is 0 Å². The summed E-state index contributed by atoms with van der Waals surface area (Å²) in [5.74, 6) is -0.207. The van der Waals surface area contributed by atoms with Crippen LogP contribution in [0.15, 0.2) is 115 Å². The molecule has 0 unspecified atom stereocenters. The molecule has 0 atom stereocenters. The fraction of sp³-hybridized carbons (Fsp3) is 0. The number of benzene rings is 4. The quantitative estimate of drug-likeness (QED) is 0.270. The maximum absolute atomic E-state index is 13.5. The molecule has 0 saturated heterocycles. The number of carbonyl (C=O) groups is 1. The summed E-state index contributed by atoms with van der Waals surface area (Å²) in [6, 6.07) is 34.3. The van der Waals surface area contributed by atoms with E-state index in [4.69, 9.17) is 0 Å². The van der Waals surface area contributed by atoms with Crippen LogP contribution in [0.1, 0.15) is 15.9 Å². The average molecular weight is 460 g/mol. The van der Waals surface area contributed by atoms with E-state index in [0.717, 1.165) is 15.7 Å². The van der Waals surface area contributed by atoms with Crippen molar-refractivity contribution >= 4 is 43.8 Å². The third-order valence-corrected chi connectivity index (χ3v) is 10.9. The van der Waals surface area contributed by atoms with Gasteiger partial charge in [0.05, 0.1) is 5.13 Å².